The van der Waals surface area contributed by atoms with Gasteiger partial charge in [0.1, 0.15) is 5.75 Å². The Kier molecular flexibility index (Phi) is 7.10. The van der Waals surface area contributed by atoms with Gasteiger partial charge in [-0.3, -0.25) is 14.2 Å². The lowest BCUT2D eigenvalue weighted by atomic mass is 10.1. The number of nitrogens with one attached hydrogen (secondary N) is 1. The Morgan fingerprint density at radius 2 is 1.73 bits per heavy atom. The summed E-state index contributed by atoms with van der Waals surface area (Å²) in [6.07, 6.45) is 0.945. The van der Waals surface area contributed by atoms with Gasteiger partial charge in [0.05, 0.1) is 29.0 Å². The van der Waals surface area contributed by atoms with E-state index in [-0.39, 0.29) is 17.2 Å². The number of rotatable bonds is 8. The number of thioether (sulfide) groups is 1. The first kappa shape index (κ1) is 22.6. The molecule has 1 aromatic heterocycles. The van der Waals surface area contributed by atoms with E-state index in [0.717, 1.165) is 17.9 Å². The number of para-hydroxylation sites is 1. The molecule has 0 bridgehead atoms. The van der Waals surface area contributed by atoms with Gasteiger partial charge in [-0.25, -0.2) is 4.98 Å². The summed E-state index contributed by atoms with van der Waals surface area (Å²) in [7, 11) is 0. The second kappa shape index (κ2) is 10.4. The zero-order valence-electron chi connectivity index (χ0n) is 18.6. The molecule has 0 unspecified atom stereocenters. The highest BCUT2D eigenvalue weighted by molar-refractivity contribution is 7.99. The third-order valence-corrected chi connectivity index (χ3v) is 6.07. The van der Waals surface area contributed by atoms with Crippen LogP contribution in [0.3, 0.4) is 0 Å². The third-order valence-electron chi connectivity index (χ3n) is 5.13. The van der Waals surface area contributed by atoms with Crippen LogP contribution in [-0.4, -0.2) is 27.8 Å². The molecule has 6 nitrogen and oxygen atoms in total. The van der Waals surface area contributed by atoms with Crippen molar-refractivity contribution in [3.63, 3.8) is 0 Å². The van der Waals surface area contributed by atoms with Gasteiger partial charge in [0, 0.05) is 5.69 Å². The highest BCUT2D eigenvalue weighted by Gasteiger charge is 2.15. The van der Waals surface area contributed by atoms with E-state index in [9.17, 15) is 9.59 Å². The molecule has 0 radical (unpaired) electrons. The molecule has 0 saturated heterocycles. The molecule has 0 saturated carbocycles. The summed E-state index contributed by atoms with van der Waals surface area (Å²) in [6.45, 7) is 4.57. The summed E-state index contributed by atoms with van der Waals surface area (Å²) in [5, 5.41) is 3.89. The van der Waals surface area contributed by atoms with Crippen LogP contribution in [-0.2, 0) is 11.2 Å². The van der Waals surface area contributed by atoms with E-state index in [1.807, 2.05) is 67.6 Å². The van der Waals surface area contributed by atoms with Gasteiger partial charge in [-0.2, -0.15) is 0 Å². The summed E-state index contributed by atoms with van der Waals surface area (Å²) >= 11 is 1.23. The zero-order valence-corrected chi connectivity index (χ0v) is 19.4. The molecule has 168 valence electrons. The maximum Gasteiger partial charge on any atom is 0.266 e. The minimum absolute atomic E-state index is 0.122. The number of carbonyl (C=O) groups excluding carboxylic acids is 1. The van der Waals surface area contributed by atoms with Crippen molar-refractivity contribution >= 4 is 34.3 Å². The lowest BCUT2D eigenvalue weighted by Crippen LogP contribution is -2.23. The molecule has 0 aliphatic carbocycles. The molecule has 1 heterocycles. The van der Waals surface area contributed by atoms with Gasteiger partial charge in [-0.1, -0.05) is 43.0 Å². The average Bonchev–Trinajstić information content (AvgIpc) is 2.84. The quantitative estimate of drug-likeness (QED) is 0.294. The number of hydrogen-bond acceptors (Lipinski definition) is 5. The second-order valence-electron chi connectivity index (χ2n) is 7.37. The largest absolute Gasteiger partial charge is 0.494 e. The van der Waals surface area contributed by atoms with Crippen LogP contribution in [0.5, 0.6) is 5.75 Å². The lowest BCUT2D eigenvalue weighted by Gasteiger charge is -2.14. The summed E-state index contributed by atoms with van der Waals surface area (Å²) in [6, 6.07) is 22.3. The predicted octanol–water partition coefficient (Wildman–Crippen LogP) is 5.08. The van der Waals surface area contributed by atoms with Gasteiger partial charge in [-0.15, -0.1) is 0 Å². The van der Waals surface area contributed by atoms with Crippen LogP contribution >= 0.6 is 11.8 Å². The molecule has 7 heteroatoms. The van der Waals surface area contributed by atoms with Crippen molar-refractivity contribution in [3.05, 3.63) is 88.7 Å². The van der Waals surface area contributed by atoms with E-state index in [1.54, 1.807) is 16.7 Å². The van der Waals surface area contributed by atoms with E-state index in [1.165, 1.54) is 17.3 Å². The number of carbonyl (C=O) groups is 1. The molecule has 4 rings (SSSR count). The normalized spacial score (nSPS) is 10.8. The molecule has 1 amide bonds. The molecule has 1 N–H and O–H groups in total. The SMILES string of the molecule is CCOc1ccc(-n2c(SCC(=O)Nc3ccc(CC)cc3)nc3ccccc3c2=O)cc1. The number of fused-ring (bicyclic) bond motifs is 1. The van der Waals surface area contributed by atoms with Gasteiger partial charge >= 0.3 is 0 Å². The fourth-order valence-electron chi connectivity index (χ4n) is 3.45. The van der Waals surface area contributed by atoms with Crippen molar-refractivity contribution < 1.29 is 9.53 Å². The fourth-order valence-corrected chi connectivity index (χ4v) is 4.26. The summed E-state index contributed by atoms with van der Waals surface area (Å²) in [5.41, 5.74) is 3.04. The molecule has 0 spiro atoms. The van der Waals surface area contributed by atoms with Crippen LogP contribution < -0.4 is 15.6 Å². The molecule has 0 atom stereocenters. The number of anilines is 1. The first-order valence-corrected chi connectivity index (χ1v) is 11.8. The Hall–Kier alpha value is -3.58. The third kappa shape index (κ3) is 5.26. The molecule has 33 heavy (non-hydrogen) atoms. The molecule has 0 fully saturated rings. The topological polar surface area (TPSA) is 73.2 Å². The van der Waals surface area contributed by atoms with Crippen molar-refractivity contribution in [2.75, 3.05) is 17.7 Å². The lowest BCUT2D eigenvalue weighted by molar-refractivity contribution is -0.113. The second-order valence-corrected chi connectivity index (χ2v) is 8.31. The summed E-state index contributed by atoms with van der Waals surface area (Å²) < 4.78 is 7.06. The van der Waals surface area contributed by atoms with Crippen molar-refractivity contribution in [2.24, 2.45) is 0 Å². The molecule has 0 aliphatic heterocycles. The van der Waals surface area contributed by atoms with Crippen molar-refractivity contribution in [1.29, 1.82) is 0 Å². The van der Waals surface area contributed by atoms with Gasteiger partial charge in [0.2, 0.25) is 5.91 Å². The highest BCUT2D eigenvalue weighted by Crippen LogP contribution is 2.23. The first-order chi connectivity index (χ1) is 16.1. The molecule has 0 aliphatic rings. The van der Waals surface area contributed by atoms with Gasteiger partial charge in [0.15, 0.2) is 5.16 Å². The van der Waals surface area contributed by atoms with E-state index < -0.39 is 0 Å². The number of ether oxygens (including phenoxy) is 1. The Labute approximate surface area is 196 Å². The summed E-state index contributed by atoms with van der Waals surface area (Å²) in [4.78, 5) is 30.6. The van der Waals surface area contributed by atoms with Gasteiger partial charge in [-0.05, 0) is 67.4 Å². The number of amides is 1. The predicted molar refractivity (Wildman–Crippen MR) is 134 cm³/mol. The van der Waals surface area contributed by atoms with Crippen LogP contribution in [0.15, 0.2) is 82.7 Å². The molecule has 4 aromatic rings. The van der Waals surface area contributed by atoms with Gasteiger partial charge < -0.3 is 10.1 Å². The first-order valence-electron chi connectivity index (χ1n) is 10.9. The fraction of sp³-hybridized carbons (Fsp3) is 0.192. The Bertz CT molecular complexity index is 1320. The van der Waals surface area contributed by atoms with Crippen molar-refractivity contribution in [2.45, 2.75) is 25.4 Å². The number of benzene rings is 3. The van der Waals surface area contributed by atoms with Gasteiger partial charge in [0.25, 0.3) is 5.56 Å². The maximum atomic E-state index is 13.3. The highest BCUT2D eigenvalue weighted by atomic mass is 32.2. The molecular formula is C26H25N3O3S. The van der Waals surface area contributed by atoms with Crippen LogP contribution in [0, 0.1) is 0 Å². The number of hydrogen-bond donors (Lipinski definition) is 1. The van der Waals surface area contributed by atoms with E-state index in [0.29, 0.717) is 28.4 Å². The zero-order chi connectivity index (χ0) is 23.2. The molecule has 3 aromatic carbocycles. The molecular weight excluding hydrogens is 434 g/mol. The van der Waals surface area contributed by atoms with Crippen LogP contribution in [0.25, 0.3) is 16.6 Å². The van der Waals surface area contributed by atoms with Crippen molar-refractivity contribution in [1.82, 2.24) is 9.55 Å². The van der Waals surface area contributed by atoms with E-state index in [4.69, 9.17) is 4.74 Å². The van der Waals surface area contributed by atoms with Crippen LogP contribution in [0.1, 0.15) is 19.4 Å². The standard InChI is InChI=1S/C26H25N3O3S/c1-3-18-9-11-19(12-10-18)27-24(30)17-33-26-28-23-8-6-5-7-22(23)25(31)29(26)20-13-15-21(16-14-20)32-4-2/h5-16H,3-4,17H2,1-2H3,(H,27,30). The Morgan fingerprint density at radius 3 is 2.42 bits per heavy atom. The number of nitrogens with zero attached hydrogens (tertiary/aromatic N) is 2. The minimum Gasteiger partial charge on any atom is -0.494 e. The maximum absolute atomic E-state index is 13.3. The van der Waals surface area contributed by atoms with Crippen LogP contribution in [0.4, 0.5) is 5.69 Å². The summed E-state index contributed by atoms with van der Waals surface area (Å²) in [5.74, 6) is 0.688. The van der Waals surface area contributed by atoms with Crippen LogP contribution in [0.2, 0.25) is 0 Å². The number of aryl methyl sites for hydroxylation is 1. The smallest absolute Gasteiger partial charge is 0.266 e. The Balaban J connectivity index is 1.62. The monoisotopic (exact) mass is 459 g/mol. The minimum atomic E-state index is -0.178. The Morgan fingerprint density at radius 1 is 1.00 bits per heavy atom. The van der Waals surface area contributed by atoms with Crippen molar-refractivity contribution in [3.8, 4) is 11.4 Å². The number of aromatic nitrogens is 2. The van der Waals surface area contributed by atoms with E-state index in [2.05, 4.69) is 17.2 Å². The average molecular weight is 460 g/mol. The van der Waals surface area contributed by atoms with E-state index >= 15 is 0 Å².